The lowest BCUT2D eigenvalue weighted by atomic mass is 10.0. The van der Waals surface area contributed by atoms with Gasteiger partial charge in [-0.15, -0.1) is 0 Å². The molecule has 0 N–H and O–H groups in total. The maximum Gasteiger partial charge on any atom is 0.0645 e. The predicted octanol–water partition coefficient (Wildman–Crippen LogP) is 16.2. The molecule has 0 bridgehead atoms. The second kappa shape index (κ2) is 21.0. The first-order chi connectivity index (χ1) is 31.7. The quantitative estimate of drug-likeness (QED) is 0.0850. The Labute approximate surface area is 378 Å². The van der Waals surface area contributed by atoms with Crippen LogP contribution in [0.2, 0.25) is 0 Å². The summed E-state index contributed by atoms with van der Waals surface area (Å²) >= 11 is 0. The highest BCUT2D eigenvalue weighted by molar-refractivity contribution is 6.10. The molecule has 64 heavy (non-hydrogen) atoms. The summed E-state index contributed by atoms with van der Waals surface area (Å²) in [5.74, 6) is 0. The molecule has 4 heteroatoms. The molecule has 1 aromatic heterocycles. The van der Waals surface area contributed by atoms with Crippen molar-refractivity contribution in [3.05, 3.63) is 286 Å². The molecule has 4 nitrogen and oxygen atoms in total. The first-order valence-electron chi connectivity index (χ1n) is 21.7. The Kier molecular flexibility index (Phi) is 13.9. The summed E-state index contributed by atoms with van der Waals surface area (Å²) in [6.07, 6.45) is 34.6. The lowest BCUT2D eigenvalue weighted by molar-refractivity contribution is 0.897. The molecule has 0 saturated carbocycles. The van der Waals surface area contributed by atoms with Crippen molar-refractivity contribution in [1.29, 1.82) is 0 Å². The molecule has 7 aromatic rings. The van der Waals surface area contributed by atoms with Gasteiger partial charge in [-0.1, -0.05) is 165 Å². The van der Waals surface area contributed by atoms with Crippen LogP contribution >= 0.6 is 0 Å². The largest absolute Gasteiger partial charge is 0.317 e. The minimum absolute atomic E-state index is 0.876. The van der Waals surface area contributed by atoms with Gasteiger partial charge in [-0.3, -0.25) is 0 Å². The van der Waals surface area contributed by atoms with Crippen molar-refractivity contribution in [2.24, 2.45) is 0 Å². The predicted molar refractivity (Wildman–Crippen MR) is 277 cm³/mol. The van der Waals surface area contributed by atoms with E-state index in [4.69, 9.17) is 0 Å². The second-order valence-corrected chi connectivity index (χ2v) is 15.1. The van der Waals surface area contributed by atoms with Gasteiger partial charge in [0.2, 0.25) is 0 Å². The fraction of sp³-hybridized carbons (Fsp3) is 0.0333. The van der Waals surface area contributed by atoms with Crippen LogP contribution in [0.5, 0.6) is 0 Å². The molecule has 0 aliphatic heterocycles. The van der Waals surface area contributed by atoms with E-state index in [1.54, 1.807) is 12.2 Å². The highest BCUT2D eigenvalue weighted by atomic mass is 15.2. The monoisotopic (exact) mass is 828 g/mol. The molecule has 0 atom stereocenters. The van der Waals surface area contributed by atoms with Gasteiger partial charge in [0, 0.05) is 63.5 Å². The molecule has 1 aliphatic carbocycles. The molecule has 8 rings (SSSR count). The molecule has 0 unspecified atom stereocenters. The van der Waals surface area contributed by atoms with Gasteiger partial charge in [-0.25, -0.2) is 0 Å². The standard InChI is InChI=1S/C60H52N4/c1-4-7-9-25-43-61(51-29-17-12-18-30-51)50(6-3)45-56(64(53-31-19-13-20-32-53)54-33-21-14-22-34-54)47-63(52-39-37-49(38-40-52)48-27-15-11-16-28-48)55-41-42-60-58(46-55)57-35-23-24-36-59(57)62(60)44-26-10-8-5-2/h4-21,23-33,35-47H,1-3,22,34H2/b9-7-,10-8-,43-25-,44-26-,50-45+,56-47+. The minimum Gasteiger partial charge on any atom is -0.317 e. The average Bonchev–Trinajstić information content (AvgIpc) is 3.67. The number of benzene rings is 6. The van der Waals surface area contributed by atoms with Gasteiger partial charge >= 0.3 is 0 Å². The van der Waals surface area contributed by atoms with Crippen molar-refractivity contribution < 1.29 is 0 Å². The normalized spacial score (nSPS) is 13.3. The van der Waals surface area contributed by atoms with E-state index < -0.39 is 0 Å². The number of para-hydroxylation sites is 3. The van der Waals surface area contributed by atoms with Gasteiger partial charge in [-0.2, -0.15) is 0 Å². The first kappa shape index (κ1) is 42.4. The lowest BCUT2D eigenvalue weighted by Crippen LogP contribution is -2.25. The Morgan fingerprint density at radius 3 is 1.84 bits per heavy atom. The topological polar surface area (TPSA) is 14.7 Å². The molecule has 0 fully saturated rings. The van der Waals surface area contributed by atoms with Gasteiger partial charge < -0.3 is 19.3 Å². The Morgan fingerprint density at radius 1 is 0.531 bits per heavy atom. The summed E-state index contributed by atoms with van der Waals surface area (Å²) in [7, 11) is 0. The van der Waals surface area contributed by atoms with Crippen molar-refractivity contribution >= 4 is 50.8 Å². The number of hydrogen-bond donors (Lipinski definition) is 0. The van der Waals surface area contributed by atoms with Crippen LogP contribution in [-0.2, 0) is 0 Å². The zero-order chi connectivity index (χ0) is 43.9. The summed E-state index contributed by atoms with van der Waals surface area (Å²) in [5, 5.41) is 2.33. The van der Waals surface area contributed by atoms with Crippen LogP contribution in [0.3, 0.4) is 0 Å². The molecule has 1 aliphatic rings. The van der Waals surface area contributed by atoms with Gasteiger partial charge in [0.1, 0.15) is 0 Å². The summed E-state index contributed by atoms with van der Waals surface area (Å²) in [6.45, 7) is 12.1. The van der Waals surface area contributed by atoms with Gasteiger partial charge in [0.15, 0.2) is 0 Å². The van der Waals surface area contributed by atoms with Crippen LogP contribution in [-0.4, -0.2) is 4.57 Å². The van der Waals surface area contributed by atoms with Crippen LogP contribution in [0.25, 0.3) is 39.1 Å². The fourth-order valence-electron chi connectivity index (χ4n) is 8.02. The molecule has 1 heterocycles. The molecule has 0 saturated heterocycles. The average molecular weight is 829 g/mol. The maximum atomic E-state index is 4.40. The molecule has 0 radical (unpaired) electrons. The van der Waals surface area contributed by atoms with Crippen LogP contribution in [0.1, 0.15) is 12.8 Å². The Balaban J connectivity index is 1.40. The molecular formula is C60H52N4. The number of aromatic nitrogens is 1. The molecular weight excluding hydrogens is 777 g/mol. The van der Waals surface area contributed by atoms with E-state index in [-0.39, 0.29) is 0 Å². The van der Waals surface area contributed by atoms with Gasteiger partial charge in [0.05, 0.1) is 16.7 Å². The number of hydrogen-bond acceptors (Lipinski definition) is 3. The smallest absolute Gasteiger partial charge is 0.0645 e. The summed E-state index contributed by atoms with van der Waals surface area (Å²) in [4.78, 5) is 6.87. The Hall–Kier alpha value is -8.34. The lowest BCUT2D eigenvalue weighted by Gasteiger charge is -2.33. The highest BCUT2D eigenvalue weighted by Gasteiger charge is 2.21. The molecule has 0 amide bonds. The Bertz CT molecular complexity index is 2970. The number of fused-ring (bicyclic) bond motifs is 3. The third-order valence-corrected chi connectivity index (χ3v) is 11.0. The van der Waals surface area contributed by atoms with E-state index in [1.807, 2.05) is 42.5 Å². The maximum absolute atomic E-state index is 4.40. The van der Waals surface area contributed by atoms with Crippen molar-refractivity contribution in [2.75, 3.05) is 14.7 Å². The van der Waals surface area contributed by atoms with Crippen molar-refractivity contribution in [2.45, 2.75) is 12.8 Å². The molecule has 0 spiro atoms. The van der Waals surface area contributed by atoms with Crippen molar-refractivity contribution in [1.82, 2.24) is 4.57 Å². The van der Waals surface area contributed by atoms with E-state index in [2.05, 4.69) is 240 Å². The van der Waals surface area contributed by atoms with Crippen LogP contribution in [0.4, 0.5) is 22.7 Å². The van der Waals surface area contributed by atoms with Crippen molar-refractivity contribution in [3.8, 4) is 11.1 Å². The van der Waals surface area contributed by atoms with E-state index in [1.165, 1.54) is 16.6 Å². The van der Waals surface area contributed by atoms with E-state index in [9.17, 15) is 0 Å². The van der Waals surface area contributed by atoms with Crippen molar-refractivity contribution in [3.63, 3.8) is 0 Å². The molecule has 312 valence electrons. The number of anilines is 4. The minimum atomic E-state index is 0.876. The third kappa shape index (κ3) is 9.73. The second-order valence-electron chi connectivity index (χ2n) is 15.1. The van der Waals surface area contributed by atoms with E-state index in [0.717, 1.165) is 69.0 Å². The van der Waals surface area contributed by atoms with E-state index in [0.29, 0.717) is 0 Å². The molecule has 6 aromatic carbocycles. The number of allylic oxidation sites excluding steroid dienone is 14. The SMILES string of the molecule is C=C/C=C\C=C/N(/C(C=C)=C/C(=C\N(c1ccc(-c2ccccc2)cc1)c1ccc2c(c1)c1ccccc1n2/C=C\C=C/C=C)N(C1=CC=CCC1)c1ccccc1)c1ccccc1. The summed E-state index contributed by atoms with van der Waals surface area (Å²) in [6, 6.07) is 55.8. The summed E-state index contributed by atoms with van der Waals surface area (Å²) < 4.78 is 2.26. The van der Waals surface area contributed by atoms with Gasteiger partial charge in [-0.05, 0) is 115 Å². The number of rotatable bonds is 17. The zero-order valence-corrected chi connectivity index (χ0v) is 36.1. The highest BCUT2D eigenvalue weighted by Crippen LogP contribution is 2.38. The van der Waals surface area contributed by atoms with Crippen LogP contribution in [0, 0.1) is 0 Å². The van der Waals surface area contributed by atoms with E-state index >= 15 is 0 Å². The summed E-state index contributed by atoms with van der Waals surface area (Å²) in [5.41, 5.74) is 11.7. The van der Waals surface area contributed by atoms with Crippen LogP contribution in [0.15, 0.2) is 286 Å². The Morgan fingerprint density at radius 2 is 1.16 bits per heavy atom. The number of nitrogens with zero attached hydrogens (tertiary/aromatic N) is 4. The van der Waals surface area contributed by atoms with Gasteiger partial charge in [0.25, 0.3) is 0 Å². The zero-order valence-electron chi connectivity index (χ0n) is 36.1. The third-order valence-electron chi connectivity index (χ3n) is 11.0. The first-order valence-corrected chi connectivity index (χ1v) is 21.7. The fourth-order valence-corrected chi connectivity index (χ4v) is 8.02. The van der Waals surface area contributed by atoms with Crippen LogP contribution < -0.4 is 14.7 Å².